The lowest BCUT2D eigenvalue weighted by Gasteiger charge is -2.18. The highest BCUT2D eigenvalue weighted by Gasteiger charge is 2.31. The number of methoxy groups -OCH3 is 1. The van der Waals surface area contributed by atoms with Crippen LogP contribution in [0.3, 0.4) is 0 Å². The largest absolute Gasteiger partial charge is 0.497 e. The van der Waals surface area contributed by atoms with Crippen molar-refractivity contribution in [3.05, 3.63) is 53.7 Å². The number of nitrogens with zero attached hydrogens (tertiary/aromatic N) is 3. The lowest BCUT2D eigenvalue weighted by molar-refractivity contribution is 0.0991. The lowest BCUT2D eigenvalue weighted by Crippen LogP contribution is -2.26. The van der Waals surface area contributed by atoms with Crippen LogP contribution in [0.25, 0.3) is 10.9 Å². The van der Waals surface area contributed by atoms with E-state index in [1.165, 1.54) is 6.20 Å². The predicted octanol–water partition coefficient (Wildman–Crippen LogP) is 2.08. The maximum Gasteiger partial charge on any atom is 0.261 e. The van der Waals surface area contributed by atoms with Crippen molar-refractivity contribution in [1.29, 1.82) is 0 Å². The Balaban J connectivity index is 1.77. The van der Waals surface area contributed by atoms with Gasteiger partial charge in [-0.3, -0.25) is 10.6 Å². The van der Waals surface area contributed by atoms with Crippen LogP contribution < -0.4 is 20.9 Å². The molecule has 0 saturated carbocycles. The Kier molecular flexibility index (Phi) is 3.28. The van der Waals surface area contributed by atoms with Crippen molar-refractivity contribution in [2.24, 2.45) is 5.84 Å². The first-order valence-electron chi connectivity index (χ1n) is 7.42. The van der Waals surface area contributed by atoms with E-state index in [1.807, 2.05) is 30.3 Å². The summed E-state index contributed by atoms with van der Waals surface area (Å²) in [6, 6.07) is 11.3. The molecule has 0 unspecified atom stereocenters. The van der Waals surface area contributed by atoms with Crippen LogP contribution in [0.15, 0.2) is 42.6 Å². The van der Waals surface area contributed by atoms with Crippen LogP contribution in [0.4, 0.5) is 11.4 Å². The zero-order valence-electron chi connectivity index (χ0n) is 13.0. The summed E-state index contributed by atoms with van der Waals surface area (Å²) in [5.74, 6) is 6.22. The molecule has 0 saturated heterocycles. The van der Waals surface area contributed by atoms with Crippen LogP contribution >= 0.6 is 0 Å². The van der Waals surface area contributed by atoms with Crippen molar-refractivity contribution < 1.29 is 9.53 Å². The van der Waals surface area contributed by atoms with Gasteiger partial charge in [0.25, 0.3) is 5.91 Å². The quantitative estimate of drug-likeness (QED) is 0.564. The van der Waals surface area contributed by atoms with Crippen molar-refractivity contribution in [2.45, 2.75) is 6.54 Å². The van der Waals surface area contributed by atoms with Crippen LogP contribution in [-0.2, 0) is 6.54 Å². The fourth-order valence-corrected chi connectivity index (χ4v) is 2.99. The second kappa shape index (κ2) is 5.47. The molecular weight excluding hydrogens is 306 g/mol. The van der Waals surface area contributed by atoms with Crippen LogP contribution in [0.1, 0.15) is 15.9 Å². The van der Waals surface area contributed by atoms with Gasteiger partial charge >= 0.3 is 0 Å². The highest BCUT2D eigenvalue weighted by Crippen LogP contribution is 2.39. The fourth-order valence-electron chi connectivity index (χ4n) is 2.99. The molecular formula is C17H15N5O2. The molecule has 0 atom stereocenters. The third-order valence-corrected chi connectivity index (χ3v) is 4.19. The summed E-state index contributed by atoms with van der Waals surface area (Å²) in [6.45, 7) is 0.460. The minimum absolute atomic E-state index is 0.0881. The number of nitrogens with one attached hydrogen (secondary N) is 1. The molecule has 24 heavy (non-hydrogen) atoms. The van der Waals surface area contributed by atoms with Gasteiger partial charge in [-0.2, -0.15) is 5.10 Å². The van der Waals surface area contributed by atoms with Crippen LogP contribution in [-0.4, -0.2) is 23.2 Å². The van der Waals surface area contributed by atoms with Gasteiger partial charge in [-0.25, -0.2) is 0 Å². The van der Waals surface area contributed by atoms with Gasteiger partial charge in [0.2, 0.25) is 0 Å². The Morgan fingerprint density at radius 2 is 2.00 bits per heavy atom. The van der Waals surface area contributed by atoms with E-state index in [9.17, 15) is 4.79 Å². The third kappa shape index (κ3) is 2.06. The molecule has 7 heteroatoms. The van der Waals surface area contributed by atoms with Crippen LogP contribution in [0, 0.1) is 0 Å². The summed E-state index contributed by atoms with van der Waals surface area (Å²) in [4.78, 5) is 14.5. The molecule has 120 valence electrons. The third-order valence-electron chi connectivity index (χ3n) is 4.19. The Bertz CT molecular complexity index is 940. The van der Waals surface area contributed by atoms with E-state index in [2.05, 4.69) is 15.6 Å². The summed E-state index contributed by atoms with van der Waals surface area (Å²) >= 11 is 0. The number of hydrogen-bond donors (Lipinski definition) is 2. The molecule has 0 bridgehead atoms. The van der Waals surface area contributed by atoms with Gasteiger partial charge in [-0.1, -0.05) is 12.1 Å². The first kappa shape index (κ1) is 14.4. The Morgan fingerprint density at radius 3 is 2.71 bits per heavy atom. The number of nitrogens with two attached hydrogens (primary N) is 1. The van der Waals surface area contributed by atoms with Gasteiger partial charge in [0, 0.05) is 5.39 Å². The highest BCUT2D eigenvalue weighted by atomic mass is 16.5. The number of ether oxygens (including phenoxy) is 1. The van der Waals surface area contributed by atoms with Crippen molar-refractivity contribution in [1.82, 2.24) is 10.2 Å². The van der Waals surface area contributed by atoms with Gasteiger partial charge in [-0.15, -0.1) is 5.10 Å². The molecule has 3 aromatic rings. The van der Waals surface area contributed by atoms with Crippen molar-refractivity contribution in [3.8, 4) is 5.75 Å². The fraction of sp³-hybridized carbons (Fsp3) is 0.118. The Morgan fingerprint density at radius 1 is 1.21 bits per heavy atom. The number of amides is 1. The number of anilines is 2. The second-order valence-electron chi connectivity index (χ2n) is 5.50. The Labute approximate surface area is 138 Å². The van der Waals surface area contributed by atoms with E-state index in [4.69, 9.17) is 10.6 Å². The number of benzene rings is 2. The zero-order valence-corrected chi connectivity index (χ0v) is 13.0. The smallest absolute Gasteiger partial charge is 0.261 e. The van der Waals surface area contributed by atoms with Gasteiger partial charge in [0.15, 0.2) is 0 Å². The molecule has 3 N–H and O–H groups in total. The van der Waals surface area contributed by atoms with Crippen LogP contribution in [0.2, 0.25) is 0 Å². The molecule has 2 heterocycles. The number of hydrazine groups is 1. The average Bonchev–Trinajstić information content (AvgIpc) is 2.90. The van der Waals surface area contributed by atoms with E-state index < -0.39 is 0 Å². The van der Waals surface area contributed by atoms with Crippen LogP contribution in [0.5, 0.6) is 5.75 Å². The maximum atomic E-state index is 12.8. The average molecular weight is 321 g/mol. The number of nitrogen functional groups attached to an aromatic ring is 1. The molecule has 1 aliphatic heterocycles. The number of rotatable bonds is 4. The minimum atomic E-state index is -0.0881. The van der Waals surface area contributed by atoms with Gasteiger partial charge in [-0.05, 0) is 29.8 Å². The van der Waals surface area contributed by atoms with Crippen molar-refractivity contribution in [2.75, 3.05) is 17.4 Å². The molecule has 0 fully saturated rings. The van der Waals surface area contributed by atoms with Crippen molar-refractivity contribution >= 4 is 28.2 Å². The first-order chi connectivity index (χ1) is 11.7. The van der Waals surface area contributed by atoms with E-state index >= 15 is 0 Å². The Hall–Kier alpha value is -3.19. The van der Waals surface area contributed by atoms with E-state index in [0.717, 1.165) is 22.4 Å². The molecule has 4 rings (SSSR count). The molecule has 0 radical (unpaired) electrons. The standard InChI is InChI=1S/C17H15N5O2/c1-24-11-4-2-10(3-5-11)9-22-14-7-6-13(20-18)16-15(14)12(17(22)23)8-19-21-16/h2-8,20H,9,18H2,1H3. The first-order valence-corrected chi connectivity index (χ1v) is 7.42. The summed E-state index contributed by atoms with van der Waals surface area (Å²) in [6.07, 6.45) is 1.50. The molecule has 0 aliphatic carbocycles. The molecule has 1 amide bonds. The number of hydrogen-bond acceptors (Lipinski definition) is 6. The van der Waals surface area contributed by atoms with E-state index in [0.29, 0.717) is 23.3 Å². The summed E-state index contributed by atoms with van der Waals surface area (Å²) < 4.78 is 5.17. The van der Waals surface area contributed by atoms with Gasteiger partial charge in [0.05, 0.1) is 36.8 Å². The monoisotopic (exact) mass is 321 g/mol. The second-order valence-corrected chi connectivity index (χ2v) is 5.50. The van der Waals surface area contributed by atoms with Gasteiger partial charge in [0.1, 0.15) is 11.3 Å². The normalized spacial score (nSPS) is 12.8. The summed E-state index contributed by atoms with van der Waals surface area (Å²) in [5.41, 5.74) is 6.20. The van der Waals surface area contributed by atoms with Crippen molar-refractivity contribution in [3.63, 3.8) is 0 Å². The summed E-state index contributed by atoms with van der Waals surface area (Å²) in [7, 11) is 1.62. The predicted molar refractivity (Wildman–Crippen MR) is 90.9 cm³/mol. The number of carbonyl (C=O) groups excluding carboxylic acids is 1. The zero-order chi connectivity index (χ0) is 16.7. The molecule has 7 nitrogen and oxygen atoms in total. The molecule has 1 aliphatic rings. The number of aromatic nitrogens is 2. The molecule has 1 aromatic heterocycles. The molecule has 2 aromatic carbocycles. The summed E-state index contributed by atoms with van der Waals surface area (Å²) in [5, 5.41) is 8.83. The van der Waals surface area contributed by atoms with E-state index in [-0.39, 0.29) is 5.91 Å². The minimum Gasteiger partial charge on any atom is -0.497 e. The maximum absolute atomic E-state index is 12.8. The highest BCUT2D eigenvalue weighted by molar-refractivity contribution is 6.25. The number of carbonyl (C=O) groups is 1. The lowest BCUT2D eigenvalue weighted by atomic mass is 10.1. The van der Waals surface area contributed by atoms with E-state index in [1.54, 1.807) is 18.1 Å². The van der Waals surface area contributed by atoms with Gasteiger partial charge < -0.3 is 15.1 Å². The molecule has 0 spiro atoms. The topological polar surface area (TPSA) is 93.4 Å². The SMILES string of the molecule is COc1ccc(CN2C(=O)c3cnnc4c(NN)ccc2c34)cc1.